The third kappa shape index (κ3) is 3.99. The van der Waals surface area contributed by atoms with Gasteiger partial charge in [-0.3, -0.25) is 19.7 Å². The first-order valence-electron chi connectivity index (χ1n) is 11.3. The van der Waals surface area contributed by atoms with Crippen molar-refractivity contribution in [1.82, 2.24) is 10.2 Å². The molecule has 0 saturated carbocycles. The third-order valence-corrected chi connectivity index (χ3v) is 7.03. The summed E-state index contributed by atoms with van der Waals surface area (Å²) < 4.78 is 0. The van der Waals surface area contributed by atoms with Gasteiger partial charge in [0.15, 0.2) is 0 Å². The summed E-state index contributed by atoms with van der Waals surface area (Å²) in [6, 6.07) is 13.3. The molecule has 32 heavy (non-hydrogen) atoms. The van der Waals surface area contributed by atoms with Gasteiger partial charge in [0.05, 0.1) is 11.5 Å². The van der Waals surface area contributed by atoms with Gasteiger partial charge >= 0.3 is 0 Å². The van der Waals surface area contributed by atoms with Crippen LogP contribution in [0.4, 0.5) is 5.69 Å². The lowest BCUT2D eigenvalue weighted by Gasteiger charge is -2.43. The number of nitro benzene ring substituents is 1. The zero-order valence-corrected chi connectivity index (χ0v) is 18.5. The van der Waals surface area contributed by atoms with Gasteiger partial charge in [0.25, 0.3) is 5.69 Å². The fourth-order valence-electron chi connectivity index (χ4n) is 5.29. The normalized spacial score (nSPS) is 21.0. The monoisotopic (exact) mass is 435 g/mol. The molecule has 1 aliphatic carbocycles. The number of hydrogen-bond donors (Lipinski definition) is 1. The van der Waals surface area contributed by atoms with Crippen molar-refractivity contribution in [2.45, 2.75) is 58.2 Å². The first kappa shape index (κ1) is 22.0. The summed E-state index contributed by atoms with van der Waals surface area (Å²) in [5, 5.41) is 14.6. The minimum atomic E-state index is -0.627. The Hall–Kier alpha value is -3.22. The number of piperazine rings is 1. The molecule has 2 amide bonds. The standard InChI is InChI=1S/C25H29N3O4/c1-3-16(4-2)23-24(29)26-22(20-13-17-9-5-6-10-18(17)14-20)25(30)27(23)15-19-11-7-8-12-21(19)28(31)32/h5-12,16,20,22-23H,3-4,13-15H2,1-2H3,(H,26,29). The largest absolute Gasteiger partial charge is 0.342 e. The van der Waals surface area contributed by atoms with Crippen LogP contribution in [0.15, 0.2) is 48.5 Å². The molecule has 7 heteroatoms. The number of rotatable bonds is 7. The van der Waals surface area contributed by atoms with Gasteiger partial charge in [-0.25, -0.2) is 0 Å². The number of nitro groups is 1. The molecule has 1 N–H and O–H groups in total. The maximum Gasteiger partial charge on any atom is 0.274 e. The van der Waals surface area contributed by atoms with Crippen LogP contribution in [0.25, 0.3) is 0 Å². The van der Waals surface area contributed by atoms with E-state index < -0.39 is 17.0 Å². The Kier molecular flexibility index (Phi) is 6.26. The Balaban J connectivity index is 1.67. The highest BCUT2D eigenvalue weighted by Crippen LogP contribution is 2.34. The Morgan fingerprint density at radius 3 is 2.22 bits per heavy atom. The molecule has 1 fully saturated rings. The molecule has 2 aromatic rings. The van der Waals surface area contributed by atoms with E-state index in [0.717, 1.165) is 25.7 Å². The number of carbonyl (C=O) groups is 2. The number of nitrogens with one attached hydrogen (secondary N) is 1. The van der Waals surface area contributed by atoms with Crippen LogP contribution in [0, 0.1) is 22.0 Å². The highest BCUT2D eigenvalue weighted by Gasteiger charge is 2.47. The quantitative estimate of drug-likeness (QED) is 0.531. The van der Waals surface area contributed by atoms with Crippen LogP contribution in [-0.2, 0) is 29.0 Å². The van der Waals surface area contributed by atoms with E-state index >= 15 is 0 Å². The Bertz CT molecular complexity index is 1010. The second-order valence-corrected chi connectivity index (χ2v) is 8.80. The molecule has 0 bridgehead atoms. The number of para-hydroxylation sites is 1. The molecule has 1 heterocycles. The van der Waals surface area contributed by atoms with Gasteiger partial charge in [0.1, 0.15) is 12.1 Å². The Morgan fingerprint density at radius 1 is 1.03 bits per heavy atom. The number of fused-ring (bicyclic) bond motifs is 1. The van der Waals surface area contributed by atoms with Crippen LogP contribution in [0.2, 0.25) is 0 Å². The lowest BCUT2D eigenvalue weighted by Crippen LogP contribution is -2.66. The van der Waals surface area contributed by atoms with Gasteiger partial charge in [0, 0.05) is 11.6 Å². The average molecular weight is 436 g/mol. The van der Waals surface area contributed by atoms with E-state index in [1.165, 1.54) is 17.2 Å². The van der Waals surface area contributed by atoms with E-state index in [2.05, 4.69) is 17.4 Å². The maximum absolute atomic E-state index is 13.8. The van der Waals surface area contributed by atoms with E-state index in [4.69, 9.17) is 0 Å². The molecule has 0 aromatic heterocycles. The smallest absolute Gasteiger partial charge is 0.274 e. The molecule has 2 atom stereocenters. The van der Waals surface area contributed by atoms with Crippen molar-refractivity contribution in [2.24, 2.45) is 11.8 Å². The van der Waals surface area contributed by atoms with Crippen molar-refractivity contribution < 1.29 is 14.5 Å². The minimum absolute atomic E-state index is 0.0107. The van der Waals surface area contributed by atoms with Gasteiger partial charge in [0.2, 0.25) is 11.8 Å². The predicted molar refractivity (Wildman–Crippen MR) is 121 cm³/mol. The van der Waals surface area contributed by atoms with E-state index in [9.17, 15) is 19.7 Å². The van der Waals surface area contributed by atoms with E-state index in [-0.39, 0.29) is 35.9 Å². The molecule has 2 unspecified atom stereocenters. The summed E-state index contributed by atoms with van der Waals surface area (Å²) >= 11 is 0. The van der Waals surface area contributed by atoms with Crippen molar-refractivity contribution in [2.75, 3.05) is 0 Å². The fourth-order valence-corrected chi connectivity index (χ4v) is 5.29. The molecular weight excluding hydrogens is 406 g/mol. The molecule has 7 nitrogen and oxygen atoms in total. The number of nitrogens with zero attached hydrogens (tertiary/aromatic N) is 2. The van der Waals surface area contributed by atoms with Gasteiger partial charge in [-0.05, 0) is 35.8 Å². The van der Waals surface area contributed by atoms with Gasteiger partial charge < -0.3 is 10.2 Å². The summed E-state index contributed by atoms with van der Waals surface area (Å²) in [4.78, 5) is 39.8. The fraction of sp³-hybridized carbons (Fsp3) is 0.440. The summed E-state index contributed by atoms with van der Waals surface area (Å²) in [6.07, 6.45) is 2.97. The van der Waals surface area contributed by atoms with Crippen LogP contribution >= 0.6 is 0 Å². The number of benzene rings is 2. The lowest BCUT2D eigenvalue weighted by atomic mass is 9.86. The highest BCUT2D eigenvalue weighted by atomic mass is 16.6. The first-order chi connectivity index (χ1) is 15.4. The molecule has 4 rings (SSSR count). The van der Waals surface area contributed by atoms with Gasteiger partial charge in [-0.2, -0.15) is 0 Å². The molecule has 0 radical (unpaired) electrons. The summed E-state index contributed by atoms with van der Waals surface area (Å²) in [5.74, 6) is -0.321. The van der Waals surface area contributed by atoms with Gasteiger partial charge in [-0.1, -0.05) is 69.2 Å². The van der Waals surface area contributed by atoms with E-state index in [1.54, 1.807) is 23.1 Å². The third-order valence-electron chi connectivity index (χ3n) is 7.03. The lowest BCUT2D eigenvalue weighted by molar-refractivity contribution is -0.385. The molecule has 1 saturated heterocycles. The van der Waals surface area contributed by atoms with Gasteiger partial charge in [-0.15, -0.1) is 0 Å². The Morgan fingerprint density at radius 2 is 1.62 bits per heavy atom. The zero-order valence-electron chi connectivity index (χ0n) is 18.5. The number of carbonyl (C=O) groups excluding carboxylic acids is 2. The minimum Gasteiger partial charge on any atom is -0.342 e. The number of hydrogen-bond acceptors (Lipinski definition) is 4. The molecule has 1 aliphatic heterocycles. The first-order valence-corrected chi connectivity index (χ1v) is 11.3. The van der Waals surface area contributed by atoms with Crippen molar-refractivity contribution in [3.63, 3.8) is 0 Å². The molecular formula is C25H29N3O4. The van der Waals surface area contributed by atoms with Crippen LogP contribution in [0.3, 0.4) is 0 Å². The molecule has 168 valence electrons. The summed E-state index contributed by atoms with van der Waals surface area (Å²) in [6.45, 7) is 4.07. The molecule has 0 spiro atoms. The van der Waals surface area contributed by atoms with Crippen LogP contribution < -0.4 is 5.32 Å². The second-order valence-electron chi connectivity index (χ2n) is 8.80. The van der Waals surface area contributed by atoms with Crippen molar-refractivity contribution >= 4 is 17.5 Å². The average Bonchev–Trinajstić information content (AvgIpc) is 3.22. The van der Waals surface area contributed by atoms with Crippen LogP contribution in [0.5, 0.6) is 0 Å². The second kappa shape index (κ2) is 9.10. The maximum atomic E-state index is 13.8. The summed E-state index contributed by atoms with van der Waals surface area (Å²) in [7, 11) is 0. The topological polar surface area (TPSA) is 92.6 Å². The van der Waals surface area contributed by atoms with Crippen molar-refractivity contribution in [3.05, 3.63) is 75.3 Å². The zero-order chi connectivity index (χ0) is 22.8. The van der Waals surface area contributed by atoms with Crippen molar-refractivity contribution in [3.8, 4) is 0 Å². The highest BCUT2D eigenvalue weighted by molar-refractivity contribution is 5.97. The van der Waals surface area contributed by atoms with Crippen LogP contribution in [0.1, 0.15) is 43.4 Å². The number of amides is 2. The van der Waals surface area contributed by atoms with E-state index in [1.807, 2.05) is 26.0 Å². The molecule has 2 aromatic carbocycles. The van der Waals surface area contributed by atoms with E-state index in [0.29, 0.717) is 5.56 Å². The van der Waals surface area contributed by atoms with Crippen molar-refractivity contribution in [1.29, 1.82) is 0 Å². The predicted octanol–water partition coefficient (Wildman–Crippen LogP) is 3.64. The summed E-state index contributed by atoms with van der Waals surface area (Å²) in [5.41, 5.74) is 2.85. The Labute approximate surface area is 188 Å². The van der Waals surface area contributed by atoms with Crippen LogP contribution in [-0.4, -0.2) is 33.7 Å². The SMILES string of the molecule is CCC(CC)C1C(=O)NC(C2Cc3ccccc3C2)C(=O)N1Cc1ccccc1[N+](=O)[O-]. The molecule has 2 aliphatic rings.